The number of fused-ring (bicyclic) bond motifs is 1. The molecule has 39 heavy (non-hydrogen) atoms. The molecule has 206 valence electrons. The normalized spacial score (nSPS) is 19.0. The third-order valence-electron chi connectivity index (χ3n) is 6.85. The molecule has 5 rings (SSSR count). The summed E-state index contributed by atoms with van der Waals surface area (Å²) >= 11 is 7.11. The lowest BCUT2D eigenvalue weighted by atomic mass is 9.91. The molecule has 7 nitrogen and oxygen atoms in total. The maximum absolute atomic E-state index is 13.5. The van der Waals surface area contributed by atoms with Crippen LogP contribution in [-0.2, 0) is 17.5 Å². The van der Waals surface area contributed by atoms with Crippen LogP contribution >= 0.6 is 23.4 Å². The van der Waals surface area contributed by atoms with E-state index in [2.05, 4.69) is 10.1 Å². The number of amidine groups is 1. The van der Waals surface area contributed by atoms with Crippen molar-refractivity contribution in [1.82, 2.24) is 19.6 Å². The number of likely N-dealkylation sites (tertiary alicyclic amines) is 1. The lowest BCUT2D eigenvalue weighted by Crippen LogP contribution is -2.50. The number of hydrogen-bond donors (Lipinski definition) is 1. The number of halogens is 4. The minimum atomic E-state index is -4.53. The van der Waals surface area contributed by atoms with Crippen molar-refractivity contribution in [3.8, 4) is 0 Å². The van der Waals surface area contributed by atoms with Crippen LogP contribution in [-0.4, -0.2) is 75.1 Å². The predicted molar refractivity (Wildman–Crippen MR) is 148 cm³/mol. The van der Waals surface area contributed by atoms with Gasteiger partial charge in [0.1, 0.15) is 0 Å². The minimum absolute atomic E-state index is 0.0201. The van der Waals surface area contributed by atoms with Gasteiger partial charge < -0.3 is 14.9 Å². The van der Waals surface area contributed by atoms with E-state index in [0.29, 0.717) is 48.1 Å². The molecule has 1 amide bonds. The number of carbonyl (C=O) groups is 1. The molecule has 3 aromatic rings. The van der Waals surface area contributed by atoms with Crippen molar-refractivity contribution in [2.45, 2.75) is 31.2 Å². The number of amides is 1. The Morgan fingerprint density at radius 3 is 2.62 bits per heavy atom. The van der Waals surface area contributed by atoms with Gasteiger partial charge in [0, 0.05) is 30.0 Å². The van der Waals surface area contributed by atoms with Gasteiger partial charge in [0.2, 0.25) is 0 Å². The topological polar surface area (TPSA) is 74.0 Å². The molecule has 0 radical (unpaired) electrons. The Bertz CT molecular complexity index is 1480. The molecule has 0 spiro atoms. The lowest BCUT2D eigenvalue weighted by Gasteiger charge is -2.40. The zero-order valence-electron chi connectivity index (χ0n) is 21.4. The number of benzene rings is 2. The van der Waals surface area contributed by atoms with Crippen LogP contribution in [0.5, 0.6) is 0 Å². The first-order valence-electron chi connectivity index (χ1n) is 12.4. The molecule has 1 saturated heterocycles. The van der Waals surface area contributed by atoms with Crippen molar-refractivity contribution >= 4 is 51.4 Å². The third kappa shape index (κ3) is 6.16. The Balaban J connectivity index is 1.29. The second kappa shape index (κ2) is 10.6. The highest BCUT2D eigenvalue weighted by molar-refractivity contribution is 8.18. The van der Waals surface area contributed by atoms with Crippen LogP contribution in [0.25, 0.3) is 17.0 Å². The molecule has 0 bridgehead atoms. The number of thioether (sulfide) groups is 1. The second-order valence-corrected chi connectivity index (χ2v) is 11.6. The van der Waals surface area contributed by atoms with E-state index in [1.165, 1.54) is 28.6 Å². The van der Waals surface area contributed by atoms with Gasteiger partial charge in [-0.25, -0.2) is 0 Å². The fraction of sp³-hybridized carbons (Fsp3) is 0.370. The van der Waals surface area contributed by atoms with Crippen molar-refractivity contribution in [1.29, 1.82) is 0 Å². The number of aliphatic imine (C=N–C) groups is 1. The Morgan fingerprint density at radius 2 is 1.92 bits per heavy atom. The highest BCUT2D eigenvalue weighted by Gasteiger charge is 2.36. The fourth-order valence-corrected chi connectivity index (χ4v) is 6.12. The SMILES string of the molecule is CN(C)CC1(O)CCN(C2=NC(=O)/C(=C/c3ccc4c(cnn4Cc4ccc(Cl)cc4C(F)(F)F)c3)S2)CC1. The van der Waals surface area contributed by atoms with Crippen molar-refractivity contribution in [3.05, 3.63) is 69.2 Å². The summed E-state index contributed by atoms with van der Waals surface area (Å²) in [5.74, 6) is -0.317. The van der Waals surface area contributed by atoms with Crippen molar-refractivity contribution in [2.24, 2.45) is 4.99 Å². The summed E-state index contributed by atoms with van der Waals surface area (Å²) in [5.41, 5.74) is -0.0343. The summed E-state index contributed by atoms with van der Waals surface area (Å²) in [6.07, 6.45) is 0.0110. The van der Waals surface area contributed by atoms with E-state index in [1.54, 1.807) is 24.4 Å². The number of nitrogens with zero attached hydrogens (tertiary/aromatic N) is 5. The van der Waals surface area contributed by atoms with E-state index in [4.69, 9.17) is 11.6 Å². The van der Waals surface area contributed by atoms with E-state index in [0.717, 1.165) is 17.0 Å². The first kappa shape index (κ1) is 27.7. The summed E-state index contributed by atoms with van der Waals surface area (Å²) in [4.78, 5) is 21.4. The molecule has 1 N–H and O–H groups in total. The number of piperidine rings is 1. The monoisotopic (exact) mass is 577 g/mol. The van der Waals surface area contributed by atoms with Gasteiger partial charge in [-0.2, -0.15) is 23.3 Å². The number of rotatable bonds is 5. The molecule has 1 aromatic heterocycles. The third-order valence-corrected chi connectivity index (χ3v) is 8.13. The van der Waals surface area contributed by atoms with Gasteiger partial charge in [0.05, 0.1) is 34.3 Å². The highest BCUT2D eigenvalue weighted by atomic mass is 35.5. The molecule has 3 heterocycles. The Morgan fingerprint density at radius 1 is 1.18 bits per heavy atom. The Labute approximate surface area is 232 Å². The zero-order valence-corrected chi connectivity index (χ0v) is 22.9. The number of aliphatic hydroxyl groups is 1. The van der Waals surface area contributed by atoms with E-state index in [1.807, 2.05) is 30.0 Å². The maximum Gasteiger partial charge on any atom is 0.416 e. The second-order valence-electron chi connectivity index (χ2n) is 10.2. The average molecular weight is 578 g/mol. The van der Waals surface area contributed by atoms with E-state index >= 15 is 0 Å². The first-order chi connectivity index (χ1) is 18.4. The molecular weight excluding hydrogens is 551 g/mol. The summed E-state index contributed by atoms with van der Waals surface area (Å²) in [6, 6.07) is 9.14. The summed E-state index contributed by atoms with van der Waals surface area (Å²) in [7, 11) is 3.87. The number of aromatic nitrogens is 2. The summed E-state index contributed by atoms with van der Waals surface area (Å²) < 4.78 is 42.1. The summed E-state index contributed by atoms with van der Waals surface area (Å²) in [5, 5.41) is 16.5. The van der Waals surface area contributed by atoms with Crippen LogP contribution in [0, 0.1) is 0 Å². The minimum Gasteiger partial charge on any atom is -0.388 e. The molecule has 0 aliphatic carbocycles. The summed E-state index contributed by atoms with van der Waals surface area (Å²) in [6.45, 7) is 1.75. The molecule has 2 aliphatic heterocycles. The van der Waals surface area contributed by atoms with Crippen LogP contribution in [0.2, 0.25) is 5.02 Å². The Hall–Kier alpha value is -2.86. The highest BCUT2D eigenvalue weighted by Crippen LogP contribution is 2.35. The molecule has 1 fully saturated rings. The van der Waals surface area contributed by atoms with Crippen LogP contribution in [0.15, 0.2) is 52.5 Å². The Kier molecular flexibility index (Phi) is 7.53. The van der Waals surface area contributed by atoms with Gasteiger partial charge in [-0.3, -0.25) is 9.48 Å². The van der Waals surface area contributed by atoms with Gasteiger partial charge >= 0.3 is 6.18 Å². The smallest absolute Gasteiger partial charge is 0.388 e. The zero-order chi connectivity index (χ0) is 27.9. The molecule has 0 saturated carbocycles. The van der Waals surface area contributed by atoms with Gasteiger partial charge in [-0.15, -0.1) is 0 Å². The van der Waals surface area contributed by atoms with Gasteiger partial charge in [-0.05, 0) is 80.2 Å². The van der Waals surface area contributed by atoms with E-state index in [9.17, 15) is 23.1 Å². The van der Waals surface area contributed by atoms with E-state index in [-0.39, 0.29) is 23.0 Å². The number of hydrogen-bond acceptors (Lipinski definition) is 6. The van der Waals surface area contributed by atoms with E-state index < -0.39 is 17.3 Å². The van der Waals surface area contributed by atoms with Crippen LogP contribution < -0.4 is 0 Å². The molecular formula is C27H27ClF3N5O2S. The number of likely N-dealkylation sites (N-methyl/N-ethyl adjacent to an activating group) is 1. The van der Waals surface area contributed by atoms with Gasteiger partial charge in [-0.1, -0.05) is 23.7 Å². The quantitative estimate of drug-likeness (QED) is 0.425. The molecule has 2 aromatic carbocycles. The molecule has 12 heteroatoms. The first-order valence-corrected chi connectivity index (χ1v) is 13.6. The number of alkyl halides is 3. The average Bonchev–Trinajstić information content (AvgIpc) is 3.42. The standard InChI is InChI=1S/C27H27ClF3N5O2S/c1-34(2)16-26(38)7-9-35(10-8-26)25-33-24(37)23(39-25)12-17-3-6-22-19(11-17)14-32-36(22)15-18-4-5-20(28)13-21(18)27(29,30)31/h3-6,11-14,38H,7-10,15-16H2,1-2H3/b23-12-. The van der Waals surface area contributed by atoms with Crippen molar-refractivity contribution in [3.63, 3.8) is 0 Å². The van der Waals surface area contributed by atoms with Crippen molar-refractivity contribution in [2.75, 3.05) is 33.7 Å². The van der Waals surface area contributed by atoms with Crippen LogP contribution in [0.1, 0.15) is 29.5 Å². The molecule has 0 atom stereocenters. The molecule has 2 aliphatic rings. The fourth-order valence-electron chi connectivity index (χ4n) is 4.98. The van der Waals surface area contributed by atoms with Gasteiger partial charge in [0.15, 0.2) is 5.17 Å². The van der Waals surface area contributed by atoms with Crippen LogP contribution in [0.3, 0.4) is 0 Å². The lowest BCUT2D eigenvalue weighted by molar-refractivity contribution is -0.138. The molecule has 0 unspecified atom stereocenters. The van der Waals surface area contributed by atoms with Gasteiger partial charge in [0.25, 0.3) is 5.91 Å². The van der Waals surface area contributed by atoms with Crippen molar-refractivity contribution < 1.29 is 23.1 Å². The predicted octanol–water partition coefficient (Wildman–Crippen LogP) is 5.12. The maximum atomic E-state index is 13.5. The largest absolute Gasteiger partial charge is 0.416 e. The number of carbonyl (C=O) groups excluding carboxylic acids is 1. The van der Waals surface area contributed by atoms with Crippen LogP contribution in [0.4, 0.5) is 13.2 Å².